The number of benzene rings is 1. The van der Waals surface area contributed by atoms with Crippen molar-refractivity contribution in [1.82, 2.24) is 10.9 Å². The Morgan fingerprint density at radius 1 is 1.21 bits per heavy atom. The SMILES string of the molecule is COc1ccc(Br)c(C(=O)OCC(=O)NNC(=O)c2ccco2)c1. The first-order valence-electron chi connectivity index (χ1n) is 6.64. The lowest BCUT2D eigenvalue weighted by atomic mass is 10.2. The number of amides is 2. The van der Waals surface area contributed by atoms with Gasteiger partial charge in [-0.2, -0.15) is 0 Å². The van der Waals surface area contributed by atoms with Gasteiger partial charge in [-0.05, 0) is 46.3 Å². The van der Waals surface area contributed by atoms with Crippen molar-refractivity contribution in [2.75, 3.05) is 13.7 Å². The third-order valence-electron chi connectivity index (χ3n) is 2.79. The average molecular weight is 397 g/mol. The lowest BCUT2D eigenvalue weighted by Crippen LogP contribution is -2.43. The molecule has 1 heterocycles. The van der Waals surface area contributed by atoms with E-state index in [1.54, 1.807) is 12.1 Å². The standard InChI is InChI=1S/C15H13BrN2O6/c1-22-9-4-5-11(16)10(7-9)15(21)24-8-13(19)17-18-14(20)12-3-2-6-23-12/h2-7H,8H2,1H3,(H,17,19)(H,18,20). The Morgan fingerprint density at radius 2 is 2.00 bits per heavy atom. The maximum Gasteiger partial charge on any atom is 0.339 e. The van der Waals surface area contributed by atoms with E-state index < -0.39 is 24.4 Å². The van der Waals surface area contributed by atoms with E-state index in [9.17, 15) is 14.4 Å². The van der Waals surface area contributed by atoms with Gasteiger partial charge in [0.2, 0.25) is 0 Å². The molecule has 2 amide bonds. The van der Waals surface area contributed by atoms with E-state index in [1.165, 1.54) is 31.6 Å². The smallest absolute Gasteiger partial charge is 0.339 e. The van der Waals surface area contributed by atoms with Crippen LogP contribution < -0.4 is 15.6 Å². The van der Waals surface area contributed by atoms with Gasteiger partial charge in [-0.25, -0.2) is 4.79 Å². The molecule has 0 saturated carbocycles. The zero-order valence-corrected chi connectivity index (χ0v) is 14.1. The Morgan fingerprint density at radius 3 is 2.67 bits per heavy atom. The molecule has 0 radical (unpaired) electrons. The molecule has 0 fully saturated rings. The van der Waals surface area contributed by atoms with Gasteiger partial charge in [0.1, 0.15) is 5.75 Å². The minimum atomic E-state index is -0.715. The number of furan rings is 1. The fraction of sp³-hybridized carbons (Fsp3) is 0.133. The quantitative estimate of drug-likeness (QED) is 0.587. The number of halogens is 1. The zero-order valence-electron chi connectivity index (χ0n) is 12.5. The second-order valence-electron chi connectivity index (χ2n) is 4.40. The molecule has 0 bridgehead atoms. The van der Waals surface area contributed by atoms with Crippen molar-refractivity contribution in [3.8, 4) is 5.75 Å². The van der Waals surface area contributed by atoms with Gasteiger partial charge in [-0.3, -0.25) is 20.4 Å². The average Bonchev–Trinajstić information content (AvgIpc) is 3.12. The molecular formula is C15H13BrN2O6. The molecule has 0 aliphatic heterocycles. The lowest BCUT2D eigenvalue weighted by Gasteiger charge is -2.09. The van der Waals surface area contributed by atoms with Crippen molar-refractivity contribution in [2.45, 2.75) is 0 Å². The van der Waals surface area contributed by atoms with Crippen LogP contribution in [-0.2, 0) is 9.53 Å². The minimum absolute atomic E-state index is 0.0348. The van der Waals surface area contributed by atoms with Crippen molar-refractivity contribution in [3.05, 3.63) is 52.4 Å². The summed E-state index contributed by atoms with van der Waals surface area (Å²) < 4.78 is 15.3. The summed E-state index contributed by atoms with van der Waals surface area (Å²) in [6, 6.07) is 7.73. The number of hydrogen-bond acceptors (Lipinski definition) is 6. The maximum absolute atomic E-state index is 12.0. The highest BCUT2D eigenvalue weighted by Crippen LogP contribution is 2.23. The largest absolute Gasteiger partial charge is 0.497 e. The fourth-order valence-electron chi connectivity index (χ4n) is 1.63. The van der Waals surface area contributed by atoms with Crippen LogP contribution in [0.4, 0.5) is 0 Å². The highest BCUT2D eigenvalue weighted by atomic mass is 79.9. The molecule has 126 valence electrons. The van der Waals surface area contributed by atoms with Crippen LogP contribution in [0.3, 0.4) is 0 Å². The first-order chi connectivity index (χ1) is 11.5. The van der Waals surface area contributed by atoms with Crippen molar-refractivity contribution < 1.29 is 28.3 Å². The van der Waals surface area contributed by atoms with Gasteiger partial charge < -0.3 is 13.9 Å². The molecule has 0 aliphatic carbocycles. The van der Waals surface area contributed by atoms with Crippen molar-refractivity contribution in [1.29, 1.82) is 0 Å². The van der Waals surface area contributed by atoms with Crippen LogP contribution >= 0.6 is 15.9 Å². The van der Waals surface area contributed by atoms with Gasteiger partial charge in [-0.1, -0.05) is 0 Å². The maximum atomic E-state index is 12.0. The van der Waals surface area contributed by atoms with Crippen LogP contribution in [0.5, 0.6) is 5.75 Å². The number of nitrogens with one attached hydrogen (secondary N) is 2. The van der Waals surface area contributed by atoms with E-state index in [1.807, 2.05) is 0 Å². The lowest BCUT2D eigenvalue weighted by molar-refractivity contribution is -0.125. The zero-order chi connectivity index (χ0) is 17.5. The summed E-state index contributed by atoms with van der Waals surface area (Å²) >= 11 is 3.21. The van der Waals surface area contributed by atoms with Crippen LogP contribution in [0, 0.1) is 0 Å². The van der Waals surface area contributed by atoms with Gasteiger partial charge in [-0.15, -0.1) is 0 Å². The molecule has 0 spiro atoms. The van der Waals surface area contributed by atoms with E-state index in [4.69, 9.17) is 13.9 Å². The van der Waals surface area contributed by atoms with Gasteiger partial charge in [0.25, 0.3) is 5.91 Å². The number of carbonyl (C=O) groups is 3. The number of carbonyl (C=O) groups excluding carboxylic acids is 3. The van der Waals surface area contributed by atoms with E-state index in [0.717, 1.165) is 0 Å². The number of hydrazine groups is 1. The number of hydrogen-bond donors (Lipinski definition) is 2. The molecule has 9 heteroatoms. The molecule has 1 aromatic carbocycles. The predicted octanol–water partition coefficient (Wildman–Crippen LogP) is 1.67. The second kappa shape index (κ2) is 8.16. The minimum Gasteiger partial charge on any atom is -0.497 e. The summed E-state index contributed by atoms with van der Waals surface area (Å²) in [6.07, 6.45) is 1.32. The van der Waals surface area contributed by atoms with Gasteiger partial charge in [0.15, 0.2) is 12.4 Å². The monoisotopic (exact) mass is 396 g/mol. The molecule has 0 aliphatic rings. The van der Waals surface area contributed by atoms with Crippen LogP contribution in [0.15, 0.2) is 45.5 Å². The summed E-state index contributed by atoms with van der Waals surface area (Å²) in [5.74, 6) is -1.54. The second-order valence-corrected chi connectivity index (χ2v) is 5.26. The van der Waals surface area contributed by atoms with Gasteiger partial charge >= 0.3 is 11.9 Å². The summed E-state index contributed by atoms with van der Waals surface area (Å²) in [5.41, 5.74) is 4.44. The van der Waals surface area contributed by atoms with E-state index >= 15 is 0 Å². The fourth-order valence-corrected chi connectivity index (χ4v) is 2.04. The Kier molecular flexibility index (Phi) is 5.96. The summed E-state index contributed by atoms with van der Waals surface area (Å²) in [7, 11) is 1.47. The molecule has 8 nitrogen and oxygen atoms in total. The number of ether oxygens (including phenoxy) is 2. The third-order valence-corrected chi connectivity index (χ3v) is 3.48. The highest BCUT2D eigenvalue weighted by molar-refractivity contribution is 9.10. The van der Waals surface area contributed by atoms with Crippen LogP contribution in [-0.4, -0.2) is 31.5 Å². The van der Waals surface area contributed by atoms with Crippen LogP contribution in [0.2, 0.25) is 0 Å². The first-order valence-corrected chi connectivity index (χ1v) is 7.44. The predicted molar refractivity (Wildman–Crippen MR) is 85.3 cm³/mol. The molecule has 1 aromatic heterocycles. The normalized spacial score (nSPS) is 9.92. The molecular weight excluding hydrogens is 384 g/mol. The van der Waals surface area contributed by atoms with Crippen molar-refractivity contribution in [3.63, 3.8) is 0 Å². The van der Waals surface area contributed by atoms with Gasteiger partial charge in [0.05, 0.1) is 18.9 Å². The summed E-state index contributed by atoms with van der Waals surface area (Å²) in [6.45, 7) is -0.569. The van der Waals surface area contributed by atoms with Crippen molar-refractivity contribution >= 4 is 33.7 Å². The van der Waals surface area contributed by atoms with Crippen molar-refractivity contribution in [2.24, 2.45) is 0 Å². The Balaban J connectivity index is 1.83. The topological polar surface area (TPSA) is 107 Å². The van der Waals surface area contributed by atoms with Gasteiger partial charge in [0, 0.05) is 4.47 Å². The number of esters is 1. The Bertz CT molecular complexity index is 744. The Labute approximate surface area is 145 Å². The number of rotatable bonds is 5. The molecule has 2 aromatic rings. The summed E-state index contributed by atoms with van der Waals surface area (Å²) in [4.78, 5) is 35.1. The van der Waals surface area contributed by atoms with E-state index in [2.05, 4.69) is 26.8 Å². The van der Waals surface area contributed by atoms with Crippen LogP contribution in [0.1, 0.15) is 20.9 Å². The van der Waals surface area contributed by atoms with E-state index in [0.29, 0.717) is 10.2 Å². The molecule has 0 unspecified atom stereocenters. The third kappa shape index (κ3) is 4.59. The Hall–Kier alpha value is -2.81. The summed E-state index contributed by atoms with van der Waals surface area (Å²) in [5, 5.41) is 0. The molecule has 24 heavy (non-hydrogen) atoms. The highest BCUT2D eigenvalue weighted by Gasteiger charge is 2.15. The molecule has 2 N–H and O–H groups in total. The van der Waals surface area contributed by atoms with E-state index in [-0.39, 0.29) is 11.3 Å². The van der Waals surface area contributed by atoms with Crippen LogP contribution in [0.25, 0.3) is 0 Å². The number of methoxy groups -OCH3 is 1. The molecule has 2 rings (SSSR count). The molecule has 0 atom stereocenters. The first kappa shape index (κ1) is 17.5. The molecule has 0 saturated heterocycles.